The normalized spacial score (nSPS) is 12.7. The molecule has 29 heteroatoms. The van der Waals surface area contributed by atoms with Crippen molar-refractivity contribution in [1.82, 2.24) is 51.6 Å². The van der Waals surface area contributed by atoms with E-state index in [1.165, 1.54) is 25.3 Å². The number of fused-ring (bicyclic) bond motifs is 3. The highest BCUT2D eigenvalue weighted by atomic mass is 127. The van der Waals surface area contributed by atoms with Gasteiger partial charge in [-0.25, -0.2) is 37.2 Å². The van der Waals surface area contributed by atoms with Gasteiger partial charge in [0.2, 0.25) is 0 Å². The average Bonchev–Trinajstić information content (AvgIpc) is 3.85. The number of imide groups is 1. The summed E-state index contributed by atoms with van der Waals surface area (Å²) in [5.74, 6) is 0.901. The van der Waals surface area contributed by atoms with E-state index in [-0.39, 0.29) is 40.6 Å². The number of hydrogen-bond acceptors (Lipinski definition) is 14. The van der Waals surface area contributed by atoms with Gasteiger partial charge in [0.1, 0.15) is 45.1 Å². The SMILES string of the molecule is C.C.CC(I)(I)I.CC1(C)C(=O)N(Br)C(=O)N1Br.ICI.Nc1ncnn2c(Br)c(CO)c(Br)c12.Nc1ncnn2cc(CO)c(Br)c12.Nc1ncnn2cc(CO)cc12. The van der Waals surface area contributed by atoms with Gasteiger partial charge in [0.05, 0.1) is 63.5 Å². The lowest BCUT2D eigenvalue weighted by Crippen LogP contribution is -2.37. The Labute approximate surface area is 456 Å². The van der Waals surface area contributed by atoms with Crippen LogP contribution in [-0.4, -0.2) is 86.3 Å². The second kappa shape index (κ2) is 27.6. The van der Waals surface area contributed by atoms with Crippen LogP contribution in [0.1, 0.15) is 52.3 Å². The van der Waals surface area contributed by atoms with E-state index in [0.717, 1.165) is 25.0 Å². The molecule has 3 amide bonds. The first-order valence-corrected chi connectivity index (χ1v) is 25.4. The van der Waals surface area contributed by atoms with Crippen molar-refractivity contribution in [1.29, 1.82) is 0 Å². The number of aromatic nitrogens is 9. The Morgan fingerprint density at radius 2 is 1.25 bits per heavy atom. The van der Waals surface area contributed by atoms with Crippen molar-refractivity contribution >= 4 is 239 Å². The van der Waals surface area contributed by atoms with Gasteiger partial charge in [-0.2, -0.15) is 19.2 Å². The van der Waals surface area contributed by atoms with Gasteiger partial charge in [-0.15, -0.1) is 0 Å². The van der Waals surface area contributed by atoms with E-state index in [0.29, 0.717) is 42.6 Å². The maximum absolute atomic E-state index is 11.2. The molecule has 19 nitrogen and oxygen atoms in total. The van der Waals surface area contributed by atoms with Gasteiger partial charge in [-0.3, -0.25) is 4.79 Å². The number of aliphatic hydroxyl groups is 3. The molecule has 334 valence electrons. The third-order valence-electron chi connectivity index (χ3n) is 6.87. The molecule has 9 N–H and O–H groups in total. The molecule has 6 aromatic rings. The third kappa shape index (κ3) is 16.2. The number of rotatable bonds is 3. The molecule has 60 heavy (non-hydrogen) atoms. The van der Waals surface area contributed by atoms with Gasteiger partial charge in [0.15, 0.2) is 17.5 Å². The Bertz CT molecular complexity index is 2330. The molecule has 1 saturated heterocycles. The van der Waals surface area contributed by atoms with Gasteiger partial charge in [0.25, 0.3) is 5.91 Å². The lowest BCUT2D eigenvalue weighted by molar-refractivity contribution is -0.127. The number of amides is 3. The Hall–Kier alpha value is 0.130. The maximum Gasteiger partial charge on any atom is 0.348 e. The summed E-state index contributed by atoms with van der Waals surface area (Å²) in [5.41, 5.74) is 20.4. The largest absolute Gasteiger partial charge is 0.392 e. The van der Waals surface area contributed by atoms with Crippen LogP contribution in [-0.2, 0) is 24.6 Å². The van der Waals surface area contributed by atoms with Crippen LogP contribution in [0.4, 0.5) is 22.2 Å². The first-order valence-electron chi connectivity index (χ1n) is 15.3. The minimum absolute atomic E-state index is 0. The van der Waals surface area contributed by atoms with Crippen molar-refractivity contribution in [2.75, 3.05) is 19.6 Å². The minimum Gasteiger partial charge on any atom is -0.392 e. The fourth-order valence-corrected chi connectivity index (χ4v) is 7.46. The number of carbonyl (C=O) groups is 2. The van der Waals surface area contributed by atoms with Crippen molar-refractivity contribution in [3.8, 4) is 0 Å². The summed E-state index contributed by atoms with van der Waals surface area (Å²) in [5, 5.41) is 38.8. The predicted octanol–water partition coefficient (Wildman–Crippen LogP) is 9.40. The zero-order chi connectivity index (χ0) is 44.3. The van der Waals surface area contributed by atoms with Crippen molar-refractivity contribution in [2.24, 2.45) is 0 Å². The van der Waals surface area contributed by atoms with Crippen molar-refractivity contribution in [2.45, 2.75) is 60.4 Å². The summed E-state index contributed by atoms with van der Waals surface area (Å²) in [6.45, 7) is 5.30. The molecule has 0 saturated carbocycles. The van der Waals surface area contributed by atoms with E-state index in [9.17, 15) is 9.59 Å². The first-order chi connectivity index (χ1) is 27.0. The third-order valence-corrected chi connectivity index (χ3v) is 11.2. The number of nitrogens with zero attached hydrogens (tertiary/aromatic N) is 11. The van der Waals surface area contributed by atoms with Crippen LogP contribution in [0.3, 0.4) is 0 Å². The highest BCUT2D eigenvalue weighted by Crippen LogP contribution is 2.35. The van der Waals surface area contributed by atoms with Crippen LogP contribution in [0.2, 0.25) is 0 Å². The molecule has 7 heterocycles. The number of halogens is 10. The number of carbonyl (C=O) groups excluding carboxylic acids is 2. The number of nitrogens with two attached hydrogens (primary N) is 3. The molecule has 7 rings (SSSR count). The van der Waals surface area contributed by atoms with Crippen LogP contribution in [0.25, 0.3) is 16.6 Å². The Morgan fingerprint density at radius 3 is 1.63 bits per heavy atom. The Morgan fingerprint density at radius 1 is 0.767 bits per heavy atom. The first kappa shape index (κ1) is 60.1. The molecule has 0 aliphatic carbocycles. The van der Waals surface area contributed by atoms with Crippen LogP contribution >= 0.6 is 193 Å². The monoisotopic (exact) mass is 1720 g/mol. The maximum atomic E-state index is 11.2. The lowest BCUT2D eigenvalue weighted by Gasteiger charge is -2.19. The van der Waals surface area contributed by atoms with E-state index in [2.05, 4.69) is 230 Å². The number of anilines is 3. The van der Waals surface area contributed by atoms with E-state index in [1.54, 1.807) is 45.9 Å². The van der Waals surface area contributed by atoms with E-state index < -0.39 is 11.6 Å². The van der Waals surface area contributed by atoms with E-state index >= 15 is 0 Å². The van der Waals surface area contributed by atoms with Gasteiger partial charge in [-0.1, -0.05) is 128 Å². The van der Waals surface area contributed by atoms with Crippen LogP contribution in [0.15, 0.2) is 51.0 Å². The smallest absolute Gasteiger partial charge is 0.348 e. The zero-order valence-electron chi connectivity index (χ0n) is 29.9. The molecule has 0 spiro atoms. The molecular weight excluding hydrogens is 1680 g/mol. The highest BCUT2D eigenvalue weighted by Gasteiger charge is 2.50. The van der Waals surface area contributed by atoms with Gasteiger partial charge >= 0.3 is 6.03 Å². The van der Waals surface area contributed by atoms with E-state index in [4.69, 9.17) is 32.5 Å². The topological polar surface area (TPSA) is 270 Å². The summed E-state index contributed by atoms with van der Waals surface area (Å²) in [7, 11) is 0. The standard InChI is InChI=1S/C7H6Br2N4O.C7H7BrN4O.C7H8N4O.C5H6Br2N2O2.C2H3I3.CH2I2.2CH4/c8-4-3(1-14)6(9)13-5(4)7(10)11-2-12-13;8-5-4(2-13)1-12-6(5)7(9)10-3-11-12;8-7-6-1-5(3-12)2-11(6)10-4-9-7;1-5(2)3(10)8(6)4(11)9(5)7;1-2(3,4)5;2-1-3;;/h2,14H,1H2,(H2,10,11,12);1,3,13H,2H2,(H2,9,10,11);1-2,4,12H,3H2,(H2,8,9,10);1-2H3;1H3;1H2;2*1H4. The van der Waals surface area contributed by atoms with Crippen LogP contribution in [0.5, 0.6) is 0 Å². The van der Waals surface area contributed by atoms with Crippen molar-refractivity contribution in [3.63, 3.8) is 0 Å². The summed E-state index contributed by atoms with van der Waals surface area (Å²) < 4.78 is 10.6. The molecule has 1 aliphatic rings. The molecule has 0 radical (unpaired) electrons. The number of alkyl halides is 5. The summed E-state index contributed by atoms with van der Waals surface area (Å²) >= 11 is 27.4. The minimum atomic E-state index is -0.805. The van der Waals surface area contributed by atoms with Gasteiger partial charge in [0, 0.05) is 23.5 Å². The number of aliphatic hydroxyl groups excluding tert-OH is 3. The Balaban J connectivity index is 0.000000724. The molecule has 0 unspecified atom stereocenters. The number of urea groups is 1. The fraction of sp³-hybridized carbons (Fsp3) is 0.355. The Kier molecular flexibility index (Phi) is 27.6. The average molecular weight is 1720 g/mol. The lowest BCUT2D eigenvalue weighted by atomic mass is 10.1. The zero-order valence-corrected chi connectivity index (χ0v) is 48.6. The van der Waals surface area contributed by atoms with E-state index in [1.807, 2.05) is 0 Å². The van der Waals surface area contributed by atoms with Crippen molar-refractivity contribution in [3.05, 3.63) is 67.7 Å². The summed E-state index contributed by atoms with van der Waals surface area (Å²) in [4.78, 5) is 33.8. The molecule has 1 aliphatic heterocycles. The second-order valence-corrected chi connectivity index (χ2v) is 32.1. The van der Waals surface area contributed by atoms with Crippen LogP contribution < -0.4 is 17.2 Å². The number of hydrogen-bond donors (Lipinski definition) is 6. The fourth-order valence-electron chi connectivity index (χ4n) is 4.19. The molecule has 0 atom stereocenters. The molecule has 6 aromatic heterocycles. The predicted molar refractivity (Wildman–Crippen MR) is 296 cm³/mol. The van der Waals surface area contributed by atoms with Crippen LogP contribution in [0, 0.1) is 0 Å². The van der Waals surface area contributed by atoms with Gasteiger partial charge < -0.3 is 32.5 Å². The second-order valence-electron chi connectivity index (χ2n) is 11.3. The number of nitrogen functional groups attached to an aromatic ring is 3. The molecular formula is C31H40Br5I5N14O5. The highest BCUT2D eigenvalue weighted by molar-refractivity contribution is 14.3. The molecule has 1 fully saturated rings. The molecule has 0 aromatic carbocycles. The molecule has 0 bridgehead atoms. The summed E-state index contributed by atoms with van der Waals surface area (Å²) in [6, 6.07) is 1.36. The van der Waals surface area contributed by atoms with Gasteiger partial charge in [-0.05, 0) is 80.2 Å². The summed E-state index contributed by atoms with van der Waals surface area (Å²) in [6.07, 6.45) is 7.53. The van der Waals surface area contributed by atoms with Crippen molar-refractivity contribution < 1.29 is 24.9 Å². The quantitative estimate of drug-likeness (QED) is 0.0417.